The molecular formula is C14H18BrN3O. The first-order chi connectivity index (χ1) is 9.13. The highest BCUT2D eigenvalue weighted by Gasteiger charge is 2.32. The molecule has 1 amide bonds. The van der Waals surface area contributed by atoms with Crippen LogP contribution >= 0.6 is 15.9 Å². The van der Waals surface area contributed by atoms with Crippen LogP contribution in [0, 0.1) is 12.8 Å². The zero-order valence-electron chi connectivity index (χ0n) is 11.0. The van der Waals surface area contributed by atoms with E-state index in [-0.39, 0.29) is 11.8 Å². The molecule has 2 aliphatic rings. The van der Waals surface area contributed by atoms with Gasteiger partial charge in [-0.15, -0.1) is 0 Å². The molecule has 1 aliphatic heterocycles. The van der Waals surface area contributed by atoms with Gasteiger partial charge in [0.05, 0.1) is 5.92 Å². The van der Waals surface area contributed by atoms with Crippen LogP contribution in [0.25, 0.3) is 0 Å². The minimum absolute atomic E-state index is 0.116. The molecular weight excluding hydrogens is 306 g/mol. The number of hydrogen-bond acceptors (Lipinski definition) is 3. The summed E-state index contributed by atoms with van der Waals surface area (Å²) in [6, 6.07) is 2.52. The molecule has 0 aromatic carbocycles. The first-order valence-corrected chi connectivity index (χ1v) is 7.60. The van der Waals surface area contributed by atoms with Crippen LogP contribution in [0.2, 0.25) is 0 Å². The van der Waals surface area contributed by atoms with Gasteiger partial charge in [-0.05, 0) is 53.7 Å². The van der Waals surface area contributed by atoms with Crippen molar-refractivity contribution in [3.8, 4) is 0 Å². The van der Waals surface area contributed by atoms with Crippen LogP contribution in [0.5, 0.6) is 0 Å². The van der Waals surface area contributed by atoms with Gasteiger partial charge in [0, 0.05) is 29.8 Å². The van der Waals surface area contributed by atoms with Gasteiger partial charge >= 0.3 is 0 Å². The van der Waals surface area contributed by atoms with Crippen molar-refractivity contribution in [2.45, 2.75) is 32.2 Å². The molecule has 2 fully saturated rings. The average Bonchev–Trinajstić information content (AvgIpc) is 3.04. The largest absolute Gasteiger partial charge is 0.356 e. The molecule has 1 atom stereocenters. The van der Waals surface area contributed by atoms with Gasteiger partial charge in [-0.2, -0.15) is 0 Å². The highest BCUT2D eigenvalue weighted by atomic mass is 79.9. The predicted octanol–water partition coefficient (Wildman–Crippen LogP) is 2.26. The van der Waals surface area contributed by atoms with Gasteiger partial charge in [-0.1, -0.05) is 0 Å². The van der Waals surface area contributed by atoms with E-state index in [9.17, 15) is 4.79 Å². The molecule has 1 saturated heterocycles. The van der Waals surface area contributed by atoms with Crippen molar-refractivity contribution in [3.63, 3.8) is 0 Å². The molecule has 102 valence electrons. The lowest BCUT2D eigenvalue weighted by Crippen LogP contribution is -2.34. The van der Waals surface area contributed by atoms with Crippen LogP contribution in [-0.4, -0.2) is 30.0 Å². The van der Waals surface area contributed by atoms with E-state index in [1.807, 2.05) is 6.20 Å². The third-order valence-corrected chi connectivity index (χ3v) is 4.23. The molecule has 1 unspecified atom stereocenters. The topological polar surface area (TPSA) is 45.2 Å². The number of halogens is 1. The van der Waals surface area contributed by atoms with Crippen molar-refractivity contribution in [2.24, 2.45) is 5.92 Å². The van der Waals surface area contributed by atoms with Crippen molar-refractivity contribution in [2.75, 3.05) is 18.0 Å². The van der Waals surface area contributed by atoms with Crippen LogP contribution in [-0.2, 0) is 4.79 Å². The number of hydrogen-bond donors (Lipinski definition) is 1. The van der Waals surface area contributed by atoms with Crippen molar-refractivity contribution in [3.05, 3.63) is 22.3 Å². The number of rotatable bonds is 3. The summed E-state index contributed by atoms with van der Waals surface area (Å²) in [5, 5.41) is 3.10. The fourth-order valence-corrected chi connectivity index (χ4v) is 3.02. The maximum Gasteiger partial charge on any atom is 0.225 e. The summed E-state index contributed by atoms with van der Waals surface area (Å²) in [6.07, 6.45) is 5.04. The Bertz CT molecular complexity index is 501. The summed E-state index contributed by atoms with van der Waals surface area (Å²) < 4.78 is 0.996. The Morgan fingerprint density at radius 2 is 2.26 bits per heavy atom. The van der Waals surface area contributed by atoms with Crippen LogP contribution in [0.1, 0.15) is 24.8 Å². The number of carbonyl (C=O) groups is 1. The Morgan fingerprint density at radius 1 is 1.47 bits per heavy atom. The summed E-state index contributed by atoms with van der Waals surface area (Å²) in [5.41, 5.74) is 1.15. The Morgan fingerprint density at radius 3 is 2.95 bits per heavy atom. The minimum Gasteiger partial charge on any atom is -0.356 e. The van der Waals surface area contributed by atoms with E-state index in [0.717, 1.165) is 48.2 Å². The van der Waals surface area contributed by atoms with Crippen molar-refractivity contribution >= 4 is 27.7 Å². The number of pyridine rings is 1. The fraction of sp³-hybridized carbons (Fsp3) is 0.571. The smallest absolute Gasteiger partial charge is 0.225 e. The first kappa shape index (κ1) is 12.9. The number of nitrogens with one attached hydrogen (secondary N) is 1. The van der Waals surface area contributed by atoms with E-state index in [4.69, 9.17) is 0 Å². The number of carbonyl (C=O) groups excluding carboxylic acids is 1. The third kappa shape index (κ3) is 2.91. The van der Waals surface area contributed by atoms with Gasteiger partial charge in [-0.25, -0.2) is 4.98 Å². The Labute approximate surface area is 121 Å². The zero-order valence-corrected chi connectivity index (χ0v) is 12.6. The van der Waals surface area contributed by atoms with Crippen molar-refractivity contribution in [1.29, 1.82) is 0 Å². The lowest BCUT2D eigenvalue weighted by atomic mass is 10.1. The molecule has 2 heterocycles. The summed E-state index contributed by atoms with van der Waals surface area (Å²) in [7, 11) is 0. The summed E-state index contributed by atoms with van der Waals surface area (Å²) in [5.74, 6) is 1.34. The molecule has 1 aromatic rings. The number of amides is 1. The van der Waals surface area contributed by atoms with Gasteiger partial charge in [0.25, 0.3) is 0 Å². The normalized spacial score (nSPS) is 22.6. The molecule has 1 aliphatic carbocycles. The summed E-state index contributed by atoms with van der Waals surface area (Å²) >= 11 is 3.43. The number of aromatic nitrogens is 1. The number of anilines is 1. The number of nitrogens with zero attached hydrogens (tertiary/aromatic N) is 2. The van der Waals surface area contributed by atoms with E-state index in [2.05, 4.69) is 44.1 Å². The van der Waals surface area contributed by atoms with Gasteiger partial charge < -0.3 is 10.2 Å². The quantitative estimate of drug-likeness (QED) is 0.928. The highest BCUT2D eigenvalue weighted by molar-refractivity contribution is 9.10. The predicted molar refractivity (Wildman–Crippen MR) is 78.2 cm³/mol. The van der Waals surface area contributed by atoms with E-state index < -0.39 is 0 Å². The second kappa shape index (κ2) is 5.12. The maximum atomic E-state index is 12.0. The van der Waals surface area contributed by atoms with Crippen LogP contribution < -0.4 is 10.2 Å². The van der Waals surface area contributed by atoms with Gasteiger partial charge in [0.2, 0.25) is 5.91 Å². The van der Waals surface area contributed by atoms with Crippen LogP contribution in [0.4, 0.5) is 5.82 Å². The molecule has 19 heavy (non-hydrogen) atoms. The van der Waals surface area contributed by atoms with Crippen LogP contribution in [0.3, 0.4) is 0 Å². The van der Waals surface area contributed by atoms with Crippen molar-refractivity contribution in [1.82, 2.24) is 10.3 Å². The molecule has 5 heteroatoms. The lowest BCUT2D eigenvalue weighted by Gasteiger charge is -2.19. The second-order valence-corrected chi connectivity index (χ2v) is 6.42. The van der Waals surface area contributed by atoms with Gasteiger partial charge in [0.1, 0.15) is 5.82 Å². The fourth-order valence-electron chi connectivity index (χ4n) is 2.58. The van der Waals surface area contributed by atoms with Crippen molar-refractivity contribution < 1.29 is 4.79 Å². The maximum absolute atomic E-state index is 12.0. The molecule has 1 aromatic heterocycles. The van der Waals surface area contributed by atoms with Gasteiger partial charge in [-0.3, -0.25) is 4.79 Å². The molecule has 3 rings (SSSR count). The summed E-state index contributed by atoms with van der Waals surface area (Å²) in [6.45, 7) is 3.76. The third-order valence-electron chi connectivity index (χ3n) is 3.80. The zero-order chi connectivity index (χ0) is 13.4. The molecule has 0 spiro atoms. The van der Waals surface area contributed by atoms with E-state index >= 15 is 0 Å². The standard InChI is InChI=1S/C14H18BrN3O/c1-9-6-11(15)7-16-13(9)18-5-4-10(8-18)14(19)17-12-2-3-12/h6-7,10,12H,2-5,8H2,1H3,(H,17,19). The molecule has 4 nitrogen and oxygen atoms in total. The SMILES string of the molecule is Cc1cc(Br)cnc1N1CCC(C(=O)NC2CC2)C1. The van der Waals surface area contributed by atoms with E-state index in [1.165, 1.54) is 0 Å². The monoisotopic (exact) mass is 323 g/mol. The van der Waals surface area contributed by atoms with E-state index in [1.54, 1.807) is 0 Å². The van der Waals surface area contributed by atoms with Gasteiger partial charge in [0.15, 0.2) is 0 Å². The molecule has 1 saturated carbocycles. The molecule has 0 bridgehead atoms. The van der Waals surface area contributed by atoms with E-state index in [0.29, 0.717) is 6.04 Å². The Balaban J connectivity index is 1.65. The summed E-state index contributed by atoms with van der Waals surface area (Å²) in [4.78, 5) is 18.7. The first-order valence-electron chi connectivity index (χ1n) is 6.81. The number of aryl methyl sites for hydroxylation is 1. The minimum atomic E-state index is 0.116. The average molecular weight is 324 g/mol. The Hall–Kier alpha value is -1.10. The second-order valence-electron chi connectivity index (χ2n) is 5.51. The lowest BCUT2D eigenvalue weighted by molar-refractivity contribution is -0.124. The Kier molecular flexibility index (Phi) is 3.48. The van der Waals surface area contributed by atoms with Crippen LogP contribution in [0.15, 0.2) is 16.7 Å². The molecule has 1 N–H and O–H groups in total. The highest BCUT2D eigenvalue weighted by Crippen LogP contribution is 2.27. The molecule has 0 radical (unpaired) electrons.